The summed E-state index contributed by atoms with van der Waals surface area (Å²) in [7, 11) is 0. The number of ether oxygens (including phenoxy) is 1. The first-order chi connectivity index (χ1) is 16.7. The normalized spacial score (nSPS) is 12.4. The number of fused-ring (bicyclic) bond motifs is 1. The van der Waals surface area contributed by atoms with E-state index in [1.165, 1.54) is 0 Å². The van der Waals surface area contributed by atoms with Crippen molar-refractivity contribution in [1.29, 1.82) is 0 Å². The van der Waals surface area contributed by atoms with Crippen molar-refractivity contribution in [2.24, 2.45) is 0 Å². The van der Waals surface area contributed by atoms with E-state index in [9.17, 15) is 9.59 Å². The summed E-state index contributed by atoms with van der Waals surface area (Å²) in [5, 5.41) is 3.29. The van der Waals surface area contributed by atoms with Crippen LogP contribution in [0.25, 0.3) is 22.3 Å². The molecule has 0 aliphatic heterocycles. The highest BCUT2D eigenvalue weighted by Crippen LogP contribution is 2.33. The zero-order valence-electron chi connectivity index (χ0n) is 20.8. The van der Waals surface area contributed by atoms with Crippen LogP contribution < -0.4 is 15.5 Å². The van der Waals surface area contributed by atoms with Gasteiger partial charge in [-0.1, -0.05) is 81.8 Å². The number of rotatable bonds is 6. The number of amides is 1. The van der Waals surface area contributed by atoms with Gasteiger partial charge in [-0.05, 0) is 48.6 Å². The standard InChI is InChI=1S/C30H31NO4/c1-6-24(29(33)31-22-17-11-19(2)12-18-22)34-28-26(32)23-9-7-8-10-25(23)35-27(28)20-13-15-21(16-14-20)30(3,4)5/h7-18,24H,6H2,1-5H3,(H,31,33). The molecule has 0 aliphatic carbocycles. The number of hydrogen-bond donors (Lipinski definition) is 1. The molecule has 1 amide bonds. The number of benzene rings is 3. The van der Waals surface area contributed by atoms with Crippen LogP contribution in [0, 0.1) is 6.92 Å². The fourth-order valence-electron chi connectivity index (χ4n) is 3.87. The predicted molar refractivity (Wildman–Crippen MR) is 141 cm³/mol. The van der Waals surface area contributed by atoms with E-state index < -0.39 is 6.10 Å². The smallest absolute Gasteiger partial charge is 0.265 e. The third-order valence-corrected chi connectivity index (χ3v) is 6.01. The SMILES string of the molecule is CCC(Oc1c(-c2ccc(C(C)(C)C)cc2)oc2ccccc2c1=O)C(=O)Nc1ccc(C)cc1. The van der Waals surface area contributed by atoms with E-state index in [0.717, 1.165) is 11.1 Å². The molecule has 1 atom stereocenters. The summed E-state index contributed by atoms with van der Waals surface area (Å²) in [6.07, 6.45) is -0.486. The van der Waals surface area contributed by atoms with Crippen molar-refractivity contribution in [1.82, 2.24) is 0 Å². The highest BCUT2D eigenvalue weighted by Gasteiger charge is 2.25. The lowest BCUT2D eigenvalue weighted by molar-refractivity contribution is -0.122. The van der Waals surface area contributed by atoms with Gasteiger partial charge in [0.25, 0.3) is 5.91 Å². The second-order valence-electron chi connectivity index (χ2n) is 9.78. The summed E-state index contributed by atoms with van der Waals surface area (Å²) in [5.74, 6) is 0.0341. The Morgan fingerprint density at radius 1 is 0.971 bits per heavy atom. The highest BCUT2D eigenvalue weighted by atomic mass is 16.5. The monoisotopic (exact) mass is 469 g/mol. The zero-order valence-corrected chi connectivity index (χ0v) is 20.8. The molecule has 4 rings (SSSR count). The van der Waals surface area contributed by atoms with Gasteiger partial charge in [-0.15, -0.1) is 0 Å². The maximum Gasteiger partial charge on any atom is 0.265 e. The fourth-order valence-corrected chi connectivity index (χ4v) is 3.87. The van der Waals surface area contributed by atoms with Gasteiger partial charge in [0.15, 0.2) is 11.9 Å². The summed E-state index contributed by atoms with van der Waals surface area (Å²) in [6, 6.07) is 22.5. The van der Waals surface area contributed by atoms with Crippen LogP contribution in [0.3, 0.4) is 0 Å². The lowest BCUT2D eigenvalue weighted by Crippen LogP contribution is -2.34. The topological polar surface area (TPSA) is 68.5 Å². The molecule has 5 nitrogen and oxygen atoms in total. The van der Waals surface area contributed by atoms with E-state index in [0.29, 0.717) is 34.4 Å². The first kappa shape index (κ1) is 24.3. The van der Waals surface area contributed by atoms with Gasteiger partial charge in [0, 0.05) is 11.3 Å². The minimum absolute atomic E-state index is 0.0105. The molecule has 0 fully saturated rings. The van der Waals surface area contributed by atoms with Gasteiger partial charge in [-0.25, -0.2) is 0 Å². The van der Waals surface area contributed by atoms with Gasteiger partial charge in [0.05, 0.1) is 5.39 Å². The lowest BCUT2D eigenvalue weighted by atomic mass is 9.86. The molecule has 180 valence electrons. The number of hydrogen-bond acceptors (Lipinski definition) is 4. The first-order valence-electron chi connectivity index (χ1n) is 11.9. The zero-order chi connectivity index (χ0) is 25.2. The van der Waals surface area contributed by atoms with Crippen molar-refractivity contribution in [3.8, 4) is 17.1 Å². The maximum absolute atomic E-state index is 13.5. The number of aryl methyl sites for hydroxylation is 1. The minimum Gasteiger partial charge on any atom is -0.473 e. The summed E-state index contributed by atoms with van der Waals surface area (Å²) in [5.41, 5.74) is 3.80. The minimum atomic E-state index is -0.868. The van der Waals surface area contributed by atoms with Crippen LogP contribution in [0.15, 0.2) is 82.0 Å². The molecular formula is C30H31NO4. The van der Waals surface area contributed by atoms with Gasteiger partial charge in [0.1, 0.15) is 5.58 Å². The van der Waals surface area contributed by atoms with E-state index in [-0.39, 0.29) is 22.5 Å². The lowest BCUT2D eigenvalue weighted by Gasteiger charge is -2.20. The van der Waals surface area contributed by atoms with Gasteiger partial charge in [0.2, 0.25) is 11.2 Å². The van der Waals surface area contributed by atoms with E-state index in [1.807, 2.05) is 68.4 Å². The van der Waals surface area contributed by atoms with Crippen LogP contribution in [-0.2, 0) is 10.2 Å². The average molecular weight is 470 g/mol. The molecule has 0 aliphatic rings. The largest absolute Gasteiger partial charge is 0.473 e. The van der Waals surface area contributed by atoms with Crippen molar-refractivity contribution in [2.75, 3.05) is 5.32 Å². The first-order valence-corrected chi connectivity index (χ1v) is 11.9. The maximum atomic E-state index is 13.5. The Labute approximate surface area is 205 Å². The summed E-state index contributed by atoms with van der Waals surface area (Å²) in [4.78, 5) is 26.5. The second-order valence-corrected chi connectivity index (χ2v) is 9.78. The number of carbonyl (C=O) groups is 1. The Bertz CT molecular complexity index is 1390. The Balaban J connectivity index is 1.75. The van der Waals surface area contributed by atoms with Crippen molar-refractivity contribution in [2.45, 2.75) is 52.6 Å². The molecular weight excluding hydrogens is 438 g/mol. The third-order valence-electron chi connectivity index (χ3n) is 6.01. The number of anilines is 1. The van der Waals surface area contributed by atoms with Crippen LogP contribution >= 0.6 is 0 Å². The van der Waals surface area contributed by atoms with Gasteiger partial charge < -0.3 is 14.5 Å². The molecule has 1 unspecified atom stereocenters. The highest BCUT2D eigenvalue weighted by molar-refractivity contribution is 5.94. The Morgan fingerprint density at radius 3 is 2.26 bits per heavy atom. The Kier molecular flexibility index (Phi) is 6.79. The quantitative estimate of drug-likeness (QED) is 0.335. The van der Waals surface area contributed by atoms with Crippen LogP contribution in [0.1, 0.15) is 45.2 Å². The molecule has 5 heteroatoms. The predicted octanol–water partition coefficient (Wildman–Crippen LogP) is 6.86. The molecule has 0 spiro atoms. The summed E-state index contributed by atoms with van der Waals surface area (Å²) in [6.45, 7) is 10.3. The number of para-hydroxylation sites is 1. The van der Waals surface area contributed by atoms with Gasteiger partial charge >= 0.3 is 0 Å². The molecule has 1 heterocycles. The number of carbonyl (C=O) groups excluding carboxylic acids is 1. The van der Waals surface area contributed by atoms with Crippen molar-refractivity contribution >= 4 is 22.6 Å². The van der Waals surface area contributed by atoms with Crippen LogP contribution in [0.4, 0.5) is 5.69 Å². The van der Waals surface area contributed by atoms with E-state index in [2.05, 4.69) is 26.1 Å². The molecule has 0 radical (unpaired) electrons. The van der Waals surface area contributed by atoms with E-state index in [1.54, 1.807) is 18.2 Å². The molecule has 1 N–H and O–H groups in total. The van der Waals surface area contributed by atoms with Gasteiger partial charge in [-0.3, -0.25) is 9.59 Å². The van der Waals surface area contributed by atoms with E-state index >= 15 is 0 Å². The molecule has 0 saturated heterocycles. The molecule has 0 bridgehead atoms. The average Bonchev–Trinajstić information content (AvgIpc) is 2.84. The Morgan fingerprint density at radius 2 is 1.63 bits per heavy atom. The van der Waals surface area contributed by atoms with Crippen molar-refractivity contribution in [3.05, 3.63) is 94.1 Å². The van der Waals surface area contributed by atoms with Crippen LogP contribution in [0.5, 0.6) is 5.75 Å². The molecule has 3 aromatic carbocycles. The molecule has 1 aromatic heterocycles. The van der Waals surface area contributed by atoms with Gasteiger partial charge in [-0.2, -0.15) is 0 Å². The number of nitrogens with one attached hydrogen (secondary N) is 1. The van der Waals surface area contributed by atoms with Crippen molar-refractivity contribution < 1.29 is 13.9 Å². The second kappa shape index (κ2) is 9.79. The summed E-state index contributed by atoms with van der Waals surface area (Å²) >= 11 is 0. The van der Waals surface area contributed by atoms with Crippen molar-refractivity contribution in [3.63, 3.8) is 0 Å². The molecule has 35 heavy (non-hydrogen) atoms. The Hall–Kier alpha value is -3.86. The van der Waals surface area contributed by atoms with E-state index in [4.69, 9.17) is 9.15 Å². The summed E-state index contributed by atoms with van der Waals surface area (Å²) < 4.78 is 12.3. The molecule has 0 saturated carbocycles. The van der Waals surface area contributed by atoms with Crippen LogP contribution in [0.2, 0.25) is 0 Å². The molecule has 4 aromatic rings. The van der Waals surface area contributed by atoms with Crippen LogP contribution in [-0.4, -0.2) is 12.0 Å². The third kappa shape index (κ3) is 5.29. The fraction of sp³-hybridized carbons (Fsp3) is 0.267.